The molecule has 0 bridgehead atoms. The van der Waals surface area contributed by atoms with Crippen molar-refractivity contribution in [2.75, 3.05) is 19.8 Å². The Morgan fingerprint density at radius 1 is 0.565 bits per heavy atom. The molecule has 0 aromatic rings. The van der Waals surface area contributed by atoms with E-state index in [1.807, 2.05) is 6.08 Å². The van der Waals surface area contributed by atoms with Gasteiger partial charge in [0, 0.05) is 6.42 Å². The maximum absolute atomic E-state index is 13.1. The highest BCUT2D eigenvalue weighted by Gasteiger charge is 2.50. The van der Waals surface area contributed by atoms with Crippen molar-refractivity contribution < 1.29 is 64.6 Å². The molecule has 2 fully saturated rings. The number of hydrogen-bond acceptors (Lipinski definition) is 13. The summed E-state index contributed by atoms with van der Waals surface area (Å²) in [7, 11) is 0. The molecule has 12 unspecified atom stereocenters. The molecular formula is C48H85NO13. The standard InChI is InChI=1S/C48H85NO13/c1-3-5-7-9-11-13-15-17-18-19-20-22-24-26-28-30-32-40(53)49-36(37(52)31-29-27-25-23-21-16-14-12-10-8-6-4-2)35-59-47-45(58)43(56)46(39(34-51)61-47)62-48-44(57)42(55)41(54)38(33-50)60-48/h10,12,18-19,21,23,29,31,36-39,41-48,50-52,54-58H,3-9,11,13-17,20,22,24-28,30,32-35H2,1-2H3,(H,49,53)/b12-10+,19-18-,23-21+,31-29+. The van der Waals surface area contributed by atoms with Crippen LogP contribution in [0, 0.1) is 0 Å². The molecule has 2 saturated heterocycles. The molecule has 0 aliphatic carbocycles. The van der Waals surface area contributed by atoms with E-state index in [1.165, 1.54) is 57.8 Å². The summed E-state index contributed by atoms with van der Waals surface area (Å²) in [5.74, 6) is -0.266. The lowest BCUT2D eigenvalue weighted by molar-refractivity contribution is -0.359. The summed E-state index contributed by atoms with van der Waals surface area (Å²) in [5, 5.41) is 86.5. The van der Waals surface area contributed by atoms with Crippen LogP contribution in [0.1, 0.15) is 155 Å². The largest absolute Gasteiger partial charge is 0.394 e. The molecule has 2 heterocycles. The van der Waals surface area contributed by atoms with Crippen LogP contribution in [0.15, 0.2) is 48.6 Å². The minimum absolute atomic E-state index is 0.259. The van der Waals surface area contributed by atoms with E-state index in [0.29, 0.717) is 12.8 Å². The van der Waals surface area contributed by atoms with E-state index in [2.05, 4.69) is 55.6 Å². The van der Waals surface area contributed by atoms with E-state index >= 15 is 0 Å². The highest BCUT2D eigenvalue weighted by atomic mass is 16.7. The van der Waals surface area contributed by atoms with Gasteiger partial charge in [0.25, 0.3) is 0 Å². The van der Waals surface area contributed by atoms with Crippen LogP contribution in [-0.2, 0) is 23.7 Å². The zero-order chi connectivity index (χ0) is 45.4. The van der Waals surface area contributed by atoms with Gasteiger partial charge >= 0.3 is 0 Å². The number of carbonyl (C=O) groups excluding carboxylic acids is 1. The number of amides is 1. The third-order valence-corrected chi connectivity index (χ3v) is 11.5. The molecule has 14 nitrogen and oxygen atoms in total. The molecule has 0 spiro atoms. The maximum atomic E-state index is 13.1. The lowest BCUT2D eigenvalue weighted by atomic mass is 9.97. The molecule has 2 aliphatic rings. The Balaban J connectivity index is 1.90. The van der Waals surface area contributed by atoms with Crippen LogP contribution in [0.5, 0.6) is 0 Å². The molecule has 14 heteroatoms. The van der Waals surface area contributed by atoms with Crippen molar-refractivity contribution in [1.29, 1.82) is 0 Å². The first-order chi connectivity index (χ1) is 30.1. The molecule has 62 heavy (non-hydrogen) atoms. The summed E-state index contributed by atoms with van der Waals surface area (Å²) >= 11 is 0. The molecule has 2 aliphatic heterocycles. The van der Waals surface area contributed by atoms with Crippen LogP contribution in [0.4, 0.5) is 0 Å². The fourth-order valence-electron chi connectivity index (χ4n) is 7.48. The Morgan fingerprint density at radius 2 is 1.05 bits per heavy atom. The van der Waals surface area contributed by atoms with Crippen molar-refractivity contribution in [2.45, 2.75) is 229 Å². The van der Waals surface area contributed by atoms with Crippen LogP contribution in [0.25, 0.3) is 0 Å². The molecular weight excluding hydrogens is 799 g/mol. The van der Waals surface area contributed by atoms with Crippen LogP contribution >= 0.6 is 0 Å². The number of carbonyl (C=O) groups is 1. The van der Waals surface area contributed by atoms with Gasteiger partial charge in [0.15, 0.2) is 12.6 Å². The van der Waals surface area contributed by atoms with E-state index in [4.69, 9.17) is 18.9 Å². The Morgan fingerprint density at radius 3 is 1.63 bits per heavy atom. The Bertz CT molecular complexity index is 1230. The summed E-state index contributed by atoms with van der Waals surface area (Å²) in [6.07, 6.45) is 23.0. The third kappa shape index (κ3) is 22.7. The third-order valence-electron chi connectivity index (χ3n) is 11.5. The second-order valence-electron chi connectivity index (χ2n) is 16.9. The lowest BCUT2D eigenvalue weighted by Gasteiger charge is -2.46. The van der Waals surface area contributed by atoms with Gasteiger partial charge < -0.3 is 65.1 Å². The van der Waals surface area contributed by atoms with Gasteiger partial charge in [-0.2, -0.15) is 0 Å². The average molecular weight is 884 g/mol. The van der Waals surface area contributed by atoms with Gasteiger partial charge in [-0.3, -0.25) is 4.79 Å². The number of aliphatic hydroxyl groups is 8. The molecule has 360 valence electrons. The number of nitrogens with one attached hydrogen (secondary N) is 1. The zero-order valence-electron chi connectivity index (χ0n) is 37.8. The second kappa shape index (κ2) is 35.2. The molecule has 0 aromatic carbocycles. The van der Waals surface area contributed by atoms with Crippen LogP contribution in [0.2, 0.25) is 0 Å². The normalized spacial score (nSPS) is 28.2. The maximum Gasteiger partial charge on any atom is 0.220 e. The van der Waals surface area contributed by atoms with Crippen molar-refractivity contribution in [2.24, 2.45) is 0 Å². The number of ether oxygens (including phenoxy) is 4. The van der Waals surface area contributed by atoms with E-state index in [0.717, 1.165) is 64.2 Å². The van der Waals surface area contributed by atoms with Crippen LogP contribution in [0.3, 0.4) is 0 Å². The van der Waals surface area contributed by atoms with Crippen molar-refractivity contribution in [3.63, 3.8) is 0 Å². The highest BCUT2D eigenvalue weighted by molar-refractivity contribution is 5.76. The fraction of sp³-hybridized carbons (Fsp3) is 0.812. The average Bonchev–Trinajstić information content (AvgIpc) is 3.27. The Labute approximate surface area is 372 Å². The number of hydrogen-bond donors (Lipinski definition) is 9. The summed E-state index contributed by atoms with van der Waals surface area (Å²) in [6, 6.07) is -0.940. The van der Waals surface area contributed by atoms with Crippen molar-refractivity contribution in [3.8, 4) is 0 Å². The number of unbranched alkanes of at least 4 members (excludes halogenated alkanes) is 16. The van der Waals surface area contributed by atoms with E-state index in [-0.39, 0.29) is 18.9 Å². The van der Waals surface area contributed by atoms with E-state index in [1.54, 1.807) is 6.08 Å². The smallest absolute Gasteiger partial charge is 0.220 e. The highest BCUT2D eigenvalue weighted by Crippen LogP contribution is 2.30. The minimum Gasteiger partial charge on any atom is -0.394 e. The van der Waals surface area contributed by atoms with Crippen molar-refractivity contribution in [1.82, 2.24) is 5.32 Å². The predicted octanol–water partition coefficient (Wildman–Crippen LogP) is 5.32. The first-order valence-corrected chi connectivity index (χ1v) is 23.9. The molecule has 0 aromatic heterocycles. The second-order valence-corrected chi connectivity index (χ2v) is 16.9. The summed E-state index contributed by atoms with van der Waals surface area (Å²) in [4.78, 5) is 13.1. The van der Waals surface area contributed by atoms with Crippen molar-refractivity contribution >= 4 is 5.91 Å². The van der Waals surface area contributed by atoms with Gasteiger partial charge in [0.2, 0.25) is 5.91 Å². The topological polar surface area (TPSA) is 228 Å². The van der Waals surface area contributed by atoms with Gasteiger partial charge in [-0.1, -0.05) is 133 Å². The Kier molecular flexibility index (Phi) is 31.9. The SMILES string of the molecule is CCCC/C=C/CC/C=C/CC/C=C/C(O)C(COC1OC(CO)C(OC2OC(CO)C(O)C(O)C2O)C(O)C1O)NC(=O)CCCCCCC/C=C\CCCCCCCCC. The predicted molar refractivity (Wildman–Crippen MR) is 240 cm³/mol. The molecule has 2 rings (SSSR count). The van der Waals surface area contributed by atoms with Crippen LogP contribution < -0.4 is 5.32 Å². The summed E-state index contributed by atoms with van der Waals surface area (Å²) < 4.78 is 22.6. The van der Waals surface area contributed by atoms with E-state index < -0.39 is 86.8 Å². The minimum atomic E-state index is -1.79. The summed E-state index contributed by atoms with van der Waals surface area (Å²) in [5.41, 5.74) is 0. The van der Waals surface area contributed by atoms with Gasteiger partial charge in [-0.25, -0.2) is 0 Å². The monoisotopic (exact) mass is 884 g/mol. The summed E-state index contributed by atoms with van der Waals surface area (Å²) in [6.45, 7) is 2.67. The number of rotatable bonds is 35. The molecule has 0 radical (unpaired) electrons. The Hall–Kier alpha value is -2.05. The molecule has 9 N–H and O–H groups in total. The number of aliphatic hydroxyl groups excluding tert-OH is 8. The molecule has 12 atom stereocenters. The first-order valence-electron chi connectivity index (χ1n) is 23.9. The van der Waals surface area contributed by atoms with Gasteiger partial charge in [0.05, 0.1) is 32.0 Å². The fourth-order valence-corrected chi connectivity index (χ4v) is 7.48. The molecule has 0 saturated carbocycles. The molecule has 1 amide bonds. The van der Waals surface area contributed by atoms with E-state index in [9.17, 15) is 45.6 Å². The first kappa shape index (κ1) is 56.1. The lowest BCUT2D eigenvalue weighted by Crippen LogP contribution is -2.65. The van der Waals surface area contributed by atoms with Crippen LogP contribution in [-0.4, -0.2) is 140 Å². The van der Waals surface area contributed by atoms with Gasteiger partial charge in [0.1, 0.15) is 48.8 Å². The quantitative estimate of drug-likeness (QED) is 0.0291. The number of allylic oxidation sites excluding steroid dienone is 7. The van der Waals surface area contributed by atoms with Gasteiger partial charge in [-0.15, -0.1) is 0 Å². The van der Waals surface area contributed by atoms with Crippen molar-refractivity contribution in [3.05, 3.63) is 48.6 Å². The van der Waals surface area contributed by atoms with Gasteiger partial charge in [-0.05, 0) is 64.2 Å². The zero-order valence-corrected chi connectivity index (χ0v) is 37.8.